The van der Waals surface area contributed by atoms with E-state index in [1.54, 1.807) is 0 Å². The Bertz CT molecular complexity index is 358. The molecule has 0 unspecified atom stereocenters. The van der Waals surface area contributed by atoms with Gasteiger partial charge >= 0.3 is 5.97 Å². The van der Waals surface area contributed by atoms with Crippen LogP contribution in [0.5, 0.6) is 0 Å². The molecule has 7 nitrogen and oxygen atoms in total. The van der Waals surface area contributed by atoms with Crippen LogP contribution in [0.3, 0.4) is 0 Å². The zero-order valence-electron chi connectivity index (χ0n) is 10.3. The van der Waals surface area contributed by atoms with Crippen LogP contribution in [0.1, 0.15) is 13.3 Å². The average Bonchev–Trinajstić information content (AvgIpc) is 2.24. The predicted octanol–water partition coefficient (Wildman–Crippen LogP) is -0.808. The van der Waals surface area contributed by atoms with Crippen LogP contribution in [0.15, 0.2) is 0 Å². The molecule has 1 aliphatic rings. The van der Waals surface area contributed by atoms with Crippen LogP contribution >= 0.6 is 0 Å². The van der Waals surface area contributed by atoms with E-state index in [-0.39, 0.29) is 19.1 Å². The van der Waals surface area contributed by atoms with Gasteiger partial charge in [0.2, 0.25) is 5.91 Å². The van der Waals surface area contributed by atoms with E-state index in [1.807, 2.05) is 17.9 Å². The molecule has 0 aromatic rings. The predicted molar refractivity (Wildman–Crippen MR) is 61.7 cm³/mol. The molecule has 1 rings (SSSR count). The topological polar surface area (TPSA) is 103 Å². The van der Waals surface area contributed by atoms with Gasteiger partial charge in [-0.25, -0.2) is 4.79 Å². The van der Waals surface area contributed by atoms with Crippen LogP contribution in [-0.4, -0.2) is 60.3 Å². The second-order valence-corrected chi connectivity index (χ2v) is 4.54. The van der Waals surface area contributed by atoms with Gasteiger partial charge in [-0.1, -0.05) is 0 Å². The SMILES string of the molecule is CC1(OCC(=O)O)CN(CC(=O)NCCC#N)C1. The number of carboxylic acids is 1. The second kappa shape index (κ2) is 6.33. The number of hydrogen-bond donors (Lipinski definition) is 2. The van der Waals surface area contributed by atoms with Gasteiger partial charge in [-0.15, -0.1) is 0 Å². The molecule has 0 saturated carbocycles. The first kappa shape index (κ1) is 14.4. The van der Waals surface area contributed by atoms with Crippen molar-refractivity contribution in [3.8, 4) is 6.07 Å². The quantitative estimate of drug-likeness (QED) is 0.577. The van der Waals surface area contributed by atoms with Gasteiger partial charge in [0.05, 0.1) is 24.6 Å². The number of likely N-dealkylation sites (tertiary alicyclic amines) is 1. The molecule has 1 aliphatic heterocycles. The molecule has 0 aliphatic carbocycles. The smallest absolute Gasteiger partial charge is 0.329 e. The van der Waals surface area contributed by atoms with Gasteiger partial charge in [-0.05, 0) is 6.92 Å². The molecule has 1 saturated heterocycles. The third-order valence-corrected chi connectivity index (χ3v) is 2.59. The van der Waals surface area contributed by atoms with Crippen LogP contribution in [-0.2, 0) is 14.3 Å². The van der Waals surface area contributed by atoms with Crippen LogP contribution < -0.4 is 5.32 Å². The molecule has 1 fully saturated rings. The highest BCUT2D eigenvalue weighted by molar-refractivity contribution is 5.78. The molecular formula is C11H17N3O4. The van der Waals surface area contributed by atoms with Crippen molar-refractivity contribution >= 4 is 11.9 Å². The fourth-order valence-electron chi connectivity index (χ4n) is 1.86. The number of nitriles is 1. The summed E-state index contributed by atoms with van der Waals surface area (Å²) in [6.07, 6.45) is 0.297. The van der Waals surface area contributed by atoms with E-state index in [1.165, 1.54) is 0 Å². The van der Waals surface area contributed by atoms with Gasteiger partial charge in [0.1, 0.15) is 6.61 Å². The summed E-state index contributed by atoms with van der Waals surface area (Å²) in [5.74, 6) is -1.13. The summed E-state index contributed by atoms with van der Waals surface area (Å²) in [5.41, 5.74) is -0.481. The first-order chi connectivity index (χ1) is 8.45. The largest absolute Gasteiger partial charge is 0.480 e. The standard InChI is InChI=1S/C11H17N3O4/c1-11(18-6-10(16)17)7-14(8-11)5-9(15)13-4-2-3-12/h2,4-8H2,1H3,(H,13,15)(H,16,17). The Morgan fingerprint density at radius 2 is 2.22 bits per heavy atom. The third-order valence-electron chi connectivity index (χ3n) is 2.59. The first-order valence-electron chi connectivity index (χ1n) is 5.67. The lowest BCUT2D eigenvalue weighted by molar-refractivity contribution is -0.166. The minimum absolute atomic E-state index is 0.134. The number of carbonyl (C=O) groups is 2. The van der Waals surface area contributed by atoms with Gasteiger partial charge in [0.25, 0.3) is 0 Å². The van der Waals surface area contributed by atoms with E-state index >= 15 is 0 Å². The van der Waals surface area contributed by atoms with E-state index in [9.17, 15) is 9.59 Å². The minimum atomic E-state index is -0.996. The van der Waals surface area contributed by atoms with Crippen molar-refractivity contribution in [1.29, 1.82) is 5.26 Å². The molecule has 0 radical (unpaired) electrons. The Morgan fingerprint density at radius 3 is 2.78 bits per heavy atom. The molecule has 1 amide bonds. The molecule has 0 bridgehead atoms. The number of amides is 1. The highest BCUT2D eigenvalue weighted by Gasteiger charge is 2.40. The first-order valence-corrected chi connectivity index (χ1v) is 5.67. The van der Waals surface area contributed by atoms with Crippen molar-refractivity contribution in [3.05, 3.63) is 0 Å². The highest BCUT2D eigenvalue weighted by Crippen LogP contribution is 2.23. The molecular weight excluding hydrogens is 238 g/mol. The van der Waals surface area contributed by atoms with Crippen molar-refractivity contribution in [2.24, 2.45) is 0 Å². The van der Waals surface area contributed by atoms with Gasteiger partial charge in [0, 0.05) is 19.6 Å². The summed E-state index contributed by atoms with van der Waals surface area (Å²) in [4.78, 5) is 23.6. The molecule has 1 heterocycles. The maximum atomic E-state index is 11.4. The summed E-state index contributed by atoms with van der Waals surface area (Å²) in [6, 6.07) is 1.94. The van der Waals surface area contributed by atoms with E-state index in [2.05, 4.69) is 5.32 Å². The Morgan fingerprint density at radius 1 is 1.56 bits per heavy atom. The lowest BCUT2D eigenvalue weighted by atomic mass is 9.96. The highest BCUT2D eigenvalue weighted by atomic mass is 16.5. The molecule has 0 aromatic heterocycles. The zero-order chi connectivity index (χ0) is 13.6. The van der Waals surface area contributed by atoms with Crippen LogP contribution in [0, 0.1) is 11.3 Å². The minimum Gasteiger partial charge on any atom is -0.480 e. The van der Waals surface area contributed by atoms with Gasteiger partial charge in [0.15, 0.2) is 0 Å². The fraction of sp³-hybridized carbons (Fsp3) is 0.727. The lowest BCUT2D eigenvalue weighted by Gasteiger charge is -2.46. The molecule has 7 heteroatoms. The Kier molecular flexibility index (Phi) is 5.07. The number of carbonyl (C=O) groups excluding carboxylic acids is 1. The maximum absolute atomic E-state index is 11.4. The summed E-state index contributed by atoms with van der Waals surface area (Å²) in [5, 5.41) is 19.4. The molecule has 100 valence electrons. The number of ether oxygens (including phenoxy) is 1. The molecule has 18 heavy (non-hydrogen) atoms. The Balaban J connectivity index is 2.16. The van der Waals surface area contributed by atoms with Crippen LogP contribution in [0.25, 0.3) is 0 Å². The van der Waals surface area contributed by atoms with E-state index < -0.39 is 11.6 Å². The van der Waals surface area contributed by atoms with Crippen molar-refractivity contribution in [1.82, 2.24) is 10.2 Å². The Hall–Kier alpha value is -1.65. The number of rotatable bonds is 7. The number of hydrogen-bond acceptors (Lipinski definition) is 5. The van der Waals surface area contributed by atoms with E-state index in [0.717, 1.165) is 0 Å². The van der Waals surface area contributed by atoms with Crippen LogP contribution in [0.2, 0.25) is 0 Å². The average molecular weight is 255 g/mol. The fourth-order valence-corrected chi connectivity index (χ4v) is 1.86. The number of carboxylic acid groups (broad SMARTS) is 1. The summed E-state index contributed by atoms with van der Waals surface area (Å²) in [6.45, 7) is 3.17. The monoisotopic (exact) mass is 255 g/mol. The molecule has 2 N–H and O–H groups in total. The van der Waals surface area contributed by atoms with Crippen molar-refractivity contribution < 1.29 is 19.4 Å². The third kappa shape index (κ3) is 4.69. The number of nitrogens with one attached hydrogen (secondary N) is 1. The van der Waals surface area contributed by atoms with E-state index in [0.29, 0.717) is 26.1 Å². The molecule has 0 atom stereocenters. The Labute approximate surface area is 105 Å². The summed E-state index contributed by atoms with van der Waals surface area (Å²) in [7, 11) is 0. The maximum Gasteiger partial charge on any atom is 0.329 e. The lowest BCUT2D eigenvalue weighted by Crippen LogP contribution is -2.63. The summed E-state index contributed by atoms with van der Waals surface area (Å²) < 4.78 is 5.22. The van der Waals surface area contributed by atoms with Gasteiger partial charge < -0.3 is 15.2 Å². The normalized spacial score (nSPS) is 17.6. The summed E-state index contributed by atoms with van der Waals surface area (Å²) >= 11 is 0. The molecule has 0 spiro atoms. The molecule has 0 aromatic carbocycles. The van der Waals surface area contributed by atoms with Crippen molar-refractivity contribution in [2.75, 3.05) is 32.8 Å². The second-order valence-electron chi connectivity index (χ2n) is 4.54. The zero-order valence-corrected chi connectivity index (χ0v) is 10.3. The van der Waals surface area contributed by atoms with Crippen molar-refractivity contribution in [3.63, 3.8) is 0 Å². The number of aliphatic carboxylic acids is 1. The van der Waals surface area contributed by atoms with Gasteiger partial charge in [-0.3, -0.25) is 9.69 Å². The van der Waals surface area contributed by atoms with E-state index in [4.69, 9.17) is 15.1 Å². The van der Waals surface area contributed by atoms with Gasteiger partial charge in [-0.2, -0.15) is 5.26 Å². The van der Waals surface area contributed by atoms with Crippen LogP contribution in [0.4, 0.5) is 0 Å². The van der Waals surface area contributed by atoms with Crippen molar-refractivity contribution in [2.45, 2.75) is 18.9 Å². The number of nitrogens with zero attached hydrogens (tertiary/aromatic N) is 2.